The second-order valence-corrected chi connectivity index (χ2v) is 5.84. The van der Waals surface area contributed by atoms with Gasteiger partial charge in [0.1, 0.15) is 12.2 Å². The topological polar surface area (TPSA) is 78.3 Å². The quantitative estimate of drug-likeness (QED) is 0.837. The molecule has 6 nitrogen and oxygen atoms in total. The number of amides is 2. The number of fused-ring (bicyclic) bond motifs is 2. The summed E-state index contributed by atoms with van der Waals surface area (Å²) < 4.78 is 5.28. The Hall–Kier alpha value is -2.24. The van der Waals surface area contributed by atoms with Gasteiger partial charge >= 0.3 is 0 Å². The maximum absolute atomic E-state index is 12.7. The summed E-state index contributed by atoms with van der Waals surface area (Å²) in [5.74, 6) is -0.185. The van der Waals surface area contributed by atoms with Gasteiger partial charge in [-0.1, -0.05) is 12.8 Å². The van der Waals surface area contributed by atoms with Gasteiger partial charge in [-0.15, -0.1) is 0 Å². The zero-order valence-electron chi connectivity index (χ0n) is 11.6. The minimum absolute atomic E-state index is 0.0678. The van der Waals surface area contributed by atoms with E-state index >= 15 is 0 Å². The largest absolute Gasteiger partial charge is 0.463 e. The molecular formula is C15H17N3O3. The Balaban J connectivity index is 1.64. The van der Waals surface area contributed by atoms with Gasteiger partial charge in [-0.25, -0.2) is 0 Å². The molecule has 2 aromatic rings. The standard InChI is InChI=1S/C15H17N3O3/c19-14-8-18(12-4-2-1-3-9(12)17-14)15(20)11-7-13-10(16-11)5-6-21-13/h5-7,9,12,16H,1-4,8H2,(H,17,19)/t9-,12-/m0/s1. The number of piperazine rings is 1. The van der Waals surface area contributed by atoms with Crippen LogP contribution >= 0.6 is 0 Å². The minimum atomic E-state index is -0.117. The minimum Gasteiger partial charge on any atom is -0.463 e. The van der Waals surface area contributed by atoms with E-state index in [-0.39, 0.29) is 30.4 Å². The summed E-state index contributed by atoms with van der Waals surface area (Å²) in [6.45, 7) is 0.139. The van der Waals surface area contributed by atoms with Gasteiger partial charge in [-0.3, -0.25) is 9.59 Å². The van der Waals surface area contributed by atoms with Gasteiger partial charge in [0, 0.05) is 18.2 Å². The van der Waals surface area contributed by atoms with E-state index < -0.39 is 0 Å². The zero-order chi connectivity index (χ0) is 14.4. The molecule has 110 valence electrons. The molecule has 4 rings (SSSR count). The number of carbonyl (C=O) groups is 2. The number of nitrogens with zero attached hydrogens (tertiary/aromatic N) is 1. The molecule has 2 amide bonds. The monoisotopic (exact) mass is 287 g/mol. The van der Waals surface area contributed by atoms with Crippen LogP contribution in [-0.2, 0) is 4.79 Å². The molecule has 1 aliphatic carbocycles. The van der Waals surface area contributed by atoms with Crippen LogP contribution in [-0.4, -0.2) is 40.3 Å². The van der Waals surface area contributed by atoms with Crippen LogP contribution < -0.4 is 5.32 Å². The number of hydrogen-bond acceptors (Lipinski definition) is 3. The zero-order valence-corrected chi connectivity index (χ0v) is 11.6. The molecule has 3 heterocycles. The maximum atomic E-state index is 12.7. The van der Waals surface area contributed by atoms with Crippen molar-refractivity contribution in [3.05, 3.63) is 24.1 Å². The molecular weight excluding hydrogens is 270 g/mol. The van der Waals surface area contributed by atoms with E-state index in [1.807, 2.05) is 0 Å². The molecule has 2 aromatic heterocycles. The Morgan fingerprint density at radius 2 is 2.19 bits per heavy atom. The average Bonchev–Trinajstić information content (AvgIpc) is 3.06. The first-order valence-corrected chi connectivity index (χ1v) is 7.39. The lowest BCUT2D eigenvalue weighted by atomic mass is 9.87. The van der Waals surface area contributed by atoms with Crippen LogP contribution in [0.15, 0.2) is 22.8 Å². The first-order chi connectivity index (χ1) is 10.2. The highest BCUT2D eigenvalue weighted by Gasteiger charge is 2.39. The average molecular weight is 287 g/mol. The van der Waals surface area contributed by atoms with Gasteiger partial charge in [0.15, 0.2) is 5.58 Å². The summed E-state index contributed by atoms with van der Waals surface area (Å²) in [6.07, 6.45) is 5.70. The van der Waals surface area contributed by atoms with E-state index in [4.69, 9.17) is 4.42 Å². The highest BCUT2D eigenvalue weighted by atomic mass is 16.3. The molecule has 1 saturated heterocycles. The maximum Gasteiger partial charge on any atom is 0.271 e. The van der Waals surface area contributed by atoms with Crippen molar-refractivity contribution >= 4 is 22.9 Å². The number of aromatic amines is 1. The lowest BCUT2D eigenvalue weighted by Crippen LogP contribution is -2.62. The molecule has 6 heteroatoms. The van der Waals surface area contributed by atoms with Gasteiger partial charge in [0.2, 0.25) is 5.91 Å². The normalized spacial score (nSPS) is 25.7. The fourth-order valence-corrected chi connectivity index (χ4v) is 3.52. The Kier molecular flexibility index (Phi) is 2.77. The fraction of sp³-hybridized carbons (Fsp3) is 0.467. The number of aromatic nitrogens is 1. The van der Waals surface area contributed by atoms with Crippen LogP contribution in [0, 0.1) is 0 Å². The Morgan fingerprint density at radius 1 is 1.33 bits per heavy atom. The van der Waals surface area contributed by atoms with Crippen LogP contribution in [0.1, 0.15) is 36.2 Å². The predicted octanol–water partition coefficient (Wildman–Crippen LogP) is 1.64. The summed E-state index contributed by atoms with van der Waals surface area (Å²) in [7, 11) is 0. The summed E-state index contributed by atoms with van der Waals surface area (Å²) >= 11 is 0. The van der Waals surface area contributed by atoms with Gasteiger partial charge in [0.05, 0.1) is 17.8 Å². The molecule has 2 atom stereocenters. The highest BCUT2D eigenvalue weighted by Crippen LogP contribution is 2.27. The van der Waals surface area contributed by atoms with Crippen LogP contribution in [0.4, 0.5) is 0 Å². The van der Waals surface area contributed by atoms with Crippen molar-refractivity contribution in [2.75, 3.05) is 6.54 Å². The van der Waals surface area contributed by atoms with Crippen LogP contribution in [0.5, 0.6) is 0 Å². The lowest BCUT2D eigenvalue weighted by molar-refractivity contribution is -0.127. The van der Waals surface area contributed by atoms with Crippen LogP contribution in [0.3, 0.4) is 0 Å². The van der Waals surface area contributed by atoms with E-state index in [1.165, 1.54) is 0 Å². The lowest BCUT2D eigenvalue weighted by Gasteiger charge is -2.43. The molecule has 0 spiro atoms. The van der Waals surface area contributed by atoms with Crippen molar-refractivity contribution in [3.63, 3.8) is 0 Å². The van der Waals surface area contributed by atoms with Gasteiger partial charge in [0.25, 0.3) is 5.91 Å². The fourth-order valence-electron chi connectivity index (χ4n) is 3.52. The molecule has 2 fully saturated rings. The SMILES string of the molecule is O=C1CN(C(=O)c2cc3occc3[nH]2)[C@H]2CCCC[C@@H]2N1. The molecule has 0 unspecified atom stereocenters. The molecule has 2 N–H and O–H groups in total. The molecule has 0 aromatic carbocycles. The Morgan fingerprint density at radius 3 is 3.05 bits per heavy atom. The van der Waals surface area contributed by atoms with Crippen LogP contribution in [0.25, 0.3) is 11.1 Å². The van der Waals surface area contributed by atoms with Crippen molar-refractivity contribution in [3.8, 4) is 0 Å². The predicted molar refractivity (Wildman–Crippen MR) is 75.8 cm³/mol. The van der Waals surface area contributed by atoms with Gasteiger partial charge < -0.3 is 19.6 Å². The number of hydrogen-bond donors (Lipinski definition) is 2. The van der Waals surface area contributed by atoms with Crippen molar-refractivity contribution in [1.29, 1.82) is 0 Å². The number of furan rings is 1. The Bertz CT molecular complexity index is 673. The second kappa shape index (κ2) is 4.65. The molecule has 2 aliphatic rings. The smallest absolute Gasteiger partial charge is 0.271 e. The molecule has 0 bridgehead atoms. The summed E-state index contributed by atoms with van der Waals surface area (Å²) in [4.78, 5) is 29.4. The Labute approximate surface area is 121 Å². The second-order valence-electron chi connectivity index (χ2n) is 5.84. The number of nitrogens with one attached hydrogen (secondary N) is 2. The summed E-state index contributed by atoms with van der Waals surface area (Å²) in [6, 6.07) is 3.71. The third kappa shape index (κ3) is 2.02. The number of rotatable bonds is 1. The van der Waals surface area contributed by atoms with Gasteiger partial charge in [-0.05, 0) is 12.8 Å². The first kappa shape index (κ1) is 12.5. The van der Waals surface area contributed by atoms with Crippen LogP contribution in [0.2, 0.25) is 0 Å². The van der Waals surface area contributed by atoms with Crippen molar-refractivity contribution in [1.82, 2.24) is 15.2 Å². The van der Waals surface area contributed by atoms with Crippen molar-refractivity contribution < 1.29 is 14.0 Å². The third-order valence-corrected chi connectivity index (χ3v) is 4.52. The molecule has 1 aliphatic heterocycles. The molecule has 21 heavy (non-hydrogen) atoms. The molecule has 1 saturated carbocycles. The molecule has 0 radical (unpaired) electrons. The third-order valence-electron chi connectivity index (χ3n) is 4.52. The van der Waals surface area contributed by atoms with E-state index in [1.54, 1.807) is 23.3 Å². The number of H-pyrrole nitrogens is 1. The summed E-state index contributed by atoms with van der Waals surface area (Å²) in [5, 5.41) is 3.01. The highest BCUT2D eigenvalue weighted by molar-refractivity contribution is 5.99. The van der Waals surface area contributed by atoms with E-state index in [9.17, 15) is 9.59 Å². The van der Waals surface area contributed by atoms with Gasteiger partial charge in [-0.2, -0.15) is 0 Å². The first-order valence-electron chi connectivity index (χ1n) is 7.39. The number of carbonyl (C=O) groups excluding carboxylic acids is 2. The van der Waals surface area contributed by atoms with Crippen molar-refractivity contribution in [2.45, 2.75) is 37.8 Å². The van der Waals surface area contributed by atoms with E-state index in [0.29, 0.717) is 11.3 Å². The van der Waals surface area contributed by atoms with Crippen molar-refractivity contribution in [2.24, 2.45) is 0 Å². The summed E-state index contributed by atoms with van der Waals surface area (Å²) in [5.41, 5.74) is 1.96. The van der Waals surface area contributed by atoms with E-state index in [2.05, 4.69) is 10.3 Å². The van der Waals surface area contributed by atoms with E-state index in [0.717, 1.165) is 31.2 Å².